The van der Waals surface area contributed by atoms with Gasteiger partial charge in [-0.05, 0) is 48.2 Å². The third-order valence-electron chi connectivity index (χ3n) is 5.58. The molecule has 1 atom stereocenters. The van der Waals surface area contributed by atoms with Crippen molar-refractivity contribution in [3.05, 3.63) is 81.5 Å². The number of fused-ring (bicyclic) bond motifs is 1. The molecule has 32 heavy (non-hydrogen) atoms. The van der Waals surface area contributed by atoms with Gasteiger partial charge in [0.1, 0.15) is 6.04 Å². The quantitative estimate of drug-likeness (QED) is 0.514. The van der Waals surface area contributed by atoms with E-state index in [4.69, 9.17) is 21.8 Å². The average molecular weight is 467 g/mol. The van der Waals surface area contributed by atoms with Crippen molar-refractivity contribution >= 4 is 41.1 Å². The van der Waals surface area contributed by atoms with Crippen molar-refractivity contribution in [3.63, 3.8) is 0 Å². The summed E-state index contributed by atoms with van der Waals surface area (Å²) in [5, 5.41) is 18.3. The summed E-state index contributed by atoms with van der Waals surface area (Å²) in [6.07, 6.45) is 2.13. The number of thioether (sulfide) groups is 1. The molecular weight excluding hydrogens is 448 g/mol. The number of anilines is 1. The van der Waals surface area contributed by atoms with Gasteiger partial charge in [0.2, 0.25) is 11.1 Å². The number of carbonyl (C=O) groups excluding carboxylic acids is 1. The molecule has 1 unspecified atom stereocenters. The number of hydrogen-bond acceptors (Lipinski definition) is 6. The molecule has 0 saturated carbocycles. The van der Waals surface area contributed by atoms with E-state index >= 15 is 0 Å². The van der Waals surface area contributed by atoms with Gasteiger partial charge in [0.05, 0.1) is 5.56 Å². The number of allylic oxidation sites excluding steroid dienone is 2. The minimum atomic E-state index is -0.947. The van der Waals surface area contributed by atoms with Crippen LogP contribution in [0.15, 0.2) is 65.0 Å². The van der Waals surface area contributed by atoms with Gasteiger partial charge in [-0.2, -0.15) is 4.98 Å². The number of aromatic carboxylic acids is 1. The van der Waals surface area contributed by atoms with Crippen LogP contribution in [0.1, 0.15) is 46.8 Å². The molecule has 1 aliphatic carbocycles. The molecule has 7 nitrogen and oxygen atoms in total. The lowest BCUT2D eigenvalue weighted by Gasteiger charge is -2.32. The monoisotopic (exact) mass is 466 g/mol. The summed E-state index contributed by atoms with van der Waals surface area (Å²) in [5.74, 6) is 0.374. The van der Waals surface area contributed by atoms with E-state index in [1.807, 2.05) is 24.3 Å². The number of carboxylic acids is 1. The van der Waals surface area contributed by atoms with E-state index in [0.29, 0.717) is 28.3 Å². The first-order valence-electron chi connectivity index (χ1n) is 10.2. The van der Waals surface area contributed by atoms with Crippen molar-refractivity contribution in [1.29, 1.82) is 0 Å². The smallest absolute Gasteiger partial charge is 0.335 e. The van der Waals surface area contributed by atoms with Crippen molar-refractivity contribution in [3.8, 4) is 0 Å². The predicted octanol–water partition coefficient (Wildman–Crippen LogP) is 4.94. The second kappa shape index (κ2) is 8.44. The molecule has 0 radical (unpaired) electrons. The highest BCUT2D eigenvalue weighted by Gasteiger charge is 2.36. The van der Waals surface area contributed by atoms with E-state index in [2.05, 4.69) is 10.3 Å². The summed E-state index contributed by atoms with van der Waals surface area (Å²) >= 11 is 7.71. The molecule has 0 saturated heterocycles. The van der Waals surface area contributed by atoms with Gasteiger partial charge in [0, 0.05) is 28.5 Å². The van der Waals surface area contributed by atoms with Gasteiger partial charge in [-0.15, -0.1) is 5.10 Å². The van der Waals surface area contributed by atoms with Gasteiger partial charge in [0.15, 0.2) is 5.78 Å². The van der Waals surface area contributed by atoms with Gasteiger partial charge in [-0.1, -0.05) is 47.6 Å². The number of nitrogens with one attached hydrogen (secondary N) is 1. The van der Waals surface area contributed by atoms with Crippen LogP contribution in [0.5, 0.6) is 0 Å². The maximum atomic E-state index is 12.9. The largest absolute Gasteiger partial charge is 0.478 e. The standard InChI is InChI=1S/C23H19ClN4O3S/c24-16-4-1-3-15(11-16)20-19-17(5-2-6-18(19)29)25-22-26-23(27-28(20)22)32-12-13-7-9-14(10-8-13)21(30)31/h1,3-4,7-11,20H,2,5-6,12H2,(H,30,31)(H,25,26,27). The summed E-state index contributed by atoms with van der Waals surface area (Å²) in [4.78, 5) is 28.5. The van der Waals surface area contributed by atoms with Crippen molar-refractivity contribution < 1.29 is 14.7 Å². The Morgan fingerprint density at radius 2 is 2.03 bits per heavy atom. The average Bonchev–Trinajstić information content (AvgIpc) is 3.19. The first-order valence-corrected chi connectivity index (χ1v) is 11.6. The zero-order chi connectivity index (χ0) is 22.2. The van der Waals surface area contributed by atoms with E-state index in [1.54, 1.807) is 28.9 Å². The summed E-state index contributed by atoms with van der Waals surface area (Å²) < 4.78 is 1.77. The van der Waals surface area contributed by atoms with Crippen LogP contribution in [0.3, 0.4) is 0 Å². The summed E-state index contributed by atoms with van der Waals surface area (Å²) in [5.41, 5.74) is 3.77. The zero-order valence-electron chi connectivity index (χ0n) is 16.9. The normalized spacial score (nSPS) is 17.5. The highest BCUT2D eigenvalue weighted by atomic mass is 35.5. The third kappa shape index (κ3) is 3.91. The number of rotatable bonds is 5. The molecule has 0 bridgehead atoms. The number of Topliss-reactive ketones (excluding diaryl/α,β-unsaturated/α-hetero) is 1. The van der Waals surface area contributed by atoms with Crippen LogP contribution in [-0.2, 0) is 10.5 Å². The second-order valence-electron chi connectivity index (χ2n) is 7.70. The van der Waals surface area contributed by atoms with Gasteiger partial charge < -0.3 is 10.4 Å². The van der Waals surface area contributed by atoms with Crippen LogP contribution >= 0.6 is 23.4 Å². The van der Waals surface area contributed by atoms with E-state index < -0.39 is 5.97 Å². The van der Waals surface area contributed by atoms with Crippen LogP contribution < -0.4 is 5.32 Å². The lowest BCUT2D eigenvalue weighted by molar-refractivity contribution is -0.116. The summed E-state index contributed by atoms with van der Waals surface area (Å²) in [6, 6.07) is 13.9. The molecule has 3 aromatic rings. The Morgan fingerprint density at radius 1 is 1.22 bits per heavy atom. The molecule has 162 valence electrons. The van der Waals surface area contributed by atoms with E-state index in [-0.39, 0.29) is 17.4 Å². The van der Waals surface area contributed by atoms with Crippen LogP contribution in [-0.4, -0.2) is 31.6 Å². The molecule has 1 aromatic heterocycles. The maximum Gasteiger partial charge on any atom is 0.335 e. The molecule has 1 aliphatic heterocycles. The number of carbonyl (C=O) groups is 2. The molecule has 2 aromatic carbocycles. The molecular formula is C23H19ClN4O3S. The number of benzene rings is 2. The highest BCUT2D eigenvalue weighted by Crippen LogP contribution is 2.41. The number of ketones is 1. The number of nitrogens with zero attached hydrogens (tertiary/aromatic N) is 3. The van der Waals surface area contributed by atoms with Crippen molar-refractivity contribution in [2.45, 2.75) is 36.2 Å². The SMILES string of the molecule is O=C1CCCC2=C1C(c1cccc(Cl)c1)n1nc(SCc3ccc(C(=O)O)cc3)nc1N2. The number of aromatic nitrogens is 3. The molecule has 2 aliphatic rings. The van der Waals surface area contributed by atoms with Crippen LogP contribution in [0.2, 0.25) is 5.02 Å². The summed E-state index contributed by atoms with van der Waals surface area (Å²) in [6.45, 7) is 0. The molecule has 0 fully saturated rings. The second-order valence-corrected chi connectivity index (χ2v) is 9.08. The topological polar surface area (TPSA) is 97.1 Å². The number of halogens is 1. The van der Waals surface area contributed by atoms with E-state index in [0.717, 1.165) is 35.2 Å². The highest BCUT2D eigenvalue weighted by molar-refractivity contribution is 7.98. The minimum absolute atomic E-state index is 0.123. The number of hydrogen-bond donors (Lipinski definition) is 2. The first kappa shape index (κ1) is 20.8. The van der Waals surface area contributed by atoms with Crippen molar-refractivity contribution in [1.82, 2.24) is 14.8 Å². The Morgan fingerprint density at radius 3 is 2.78 bits per heavy atom. The first-order chi connectivity index (χ1) is 15.5. The molecule has 2 heterocycles. The predicted molar refractivity (Wildman–Crippen MR) is 122 cm³/mol. The zero-order valence-corrected chi connectivity index (χ0v) is 18.5. The number of carboxylic acid groups (broad SMARTS) is 1. The van der Waals surface area contributed by atoms with Crippen molar-refractivity contribution in [2.24, 2.45) is 0 Å². The molecule has 0 amide bonds. The molecule has 5 rings (SSSR count). The molecule has 0 spiro atoms. The van der Waals surface area contributed by atoms with Gasteiger partial charge in [-0.3, -0.25) is 4.79 Å². The maximum absolute atomic E-state index is 12.9. The van der Waals surface area contributed by atoms with Gasteiger partial charge in [0.25, 0.3) is 0 Å². The Labute approximate surface area is 193 Å². The Balaban J connectivity index is 1.45. The van der Waals surface area contributed by atoms with Crippen LogP contribution in [0, 0.1) is 0 Å². The van der Waals surface area contributed by atoms with Crippen molar-refractivity contribution in [2.75, 3.05) is 5.32 Å². The fourth-order valence-electron chi connectivity index (χ4n) is 4.07. The van der Waals surface area contributed by atoms with Crippen LogP contribution in [0.25, 0.3) is 0 Å². The Bertz CT molecular complexity index is 1250. The third-order valence-corrected chi connectivity index (χ3v) is 6.73. The Hall–Kier alpha value is -3.10. The lowest BCUT2D eigenvalue weighted by atomic mass is 9.85. The van der Waals surface area contributed by atoms with E-state index in [9.17, 15) is 9.59 Å². The fourth-order valence-corrected chi connectivity index (χ4v) is 5.06. The van der Waals surface area contributed by atoms with E-state index in [1.165, 1.54) is 11.8 Å². The molecule has 2 N–H and O–H groups in total. The lowest BCUT2D eigenvalue weighted by Crippen LogP contribution is -2.31. The molecule has 9 heteroatoms. The minimum Gasteiger partial charge on any atom is -0.478 e. The van der Waals surface area contributed by atoms with Gasteiger partial charge in [-0.25, -0.2) is 9.48 Å². The summed E-state index contributed by atoms with van der Waals surface area (Å²) in [7, 11) is 0. The van der Waals surface area contributed by atoms with Crippen LogP contribution in [0.4, 0.5) is 5.95 Å². The van der Waals surface area contributed by atoms with Gasteiger partial charge >= 0.3 is 5.97 Å². The Kier molecular flexibility index (Phi) is 5.48. The fraction of sp³-hybridized carbons (Fsp3) is 0.217.